The van der Waals surface area contributed by atoms with Crippen molar-refractivity contribution in [2.45, 2.75) is 53.4 Å². The number of aliphatic hydroxyl groups is 1. The third-order valence-electron chi connectivity index (χ3n) is 7.87. The number of para-hydroxylation sites is 2. The molecule has 4 aromatic carbocycles. The van der Waals surface area contributed by atoms with E-state index in [-0.39, 0.29) is 58.0 Å². The summed E-state index contributed by atoms with van der Waals surface area (Å²) in [5.41, 5.74) is 4.02. The number of allylic oxidation sites excluding steroid dienone is 2. The van der Waals surface area contributed by atoms with Gasteiger partial charge in [-0.1, -0.05) is 27.7 Å². The Morgan fingerprint density at radius 3 is 2.19 bits per heavy atom. The van der Waals surface area contributed by atoms with Crippen LogP contribution in [0.15, 0.2) is 89.0 Å². The second-order valence-electron chi connectivity index (χ2n) is 10.3. The van der Waals surface area contributed by atoms with E-state index < -0.39 is 0 Å². The third kappa shape index (κ3) is 6.48. The van der Waals surface area contributed by atoms with Gasteiger partial charge >= 0.3 is 155 Å². The fraction of sp³-hybridized carbons (Fsp3) is 0.278. The van der Waals surface area contributed by atoms with E-state index in [1.165, 1.54) is 10.3 Å². The maximum atomic E-state index is 11.7. The van der Waals surface area contributed by atoms with E-state index in [0.717, 1.165) is 74.0 Å². The molecular weight excluding hydrogens is 766 g/mol. The Hall–Kier alpha value is -3.01. The van der Waals surface area contributed by atoms with Gasteiger partial charge in [0.2, 0.25) is 0 Å². The Morgan fingerprint density at radius 1 is 0.881 bits per heavy atom. The van der Waals surface area contributed by atoms with E-state index in [1.54, 1.807) is 0 Å². The van der Waals surface area contributed by atoms with E-state index in [2.05, 4.69) is 54.6 Å². The summed E-state index contributed by atoms with van der Waals surface area (Å²) < 4.78 is 8.73. The van der Waals surface area contributed by atoms with Crippen molar-refractivity contribution < 1.29 is 34.4 Å². The first-order valence-corrected chi connectivity index (χ1v) is 16.3. The number of aromatic nitrogens is 1. The molecule has 0 atom stereocenters. The van der Waals surface area contributed by atoms with E-state index in [9.17, 15) is 9.90 Å². The van der Waals surface area contributed by atoms with Crippen molar-refractivity contribution in [2.24, 2.45) is 11.8 Å². The topological polar surface area (TPSA) is 63.3 Å². The molecule has 0 aliphatic heterocycles. The number of carbonyl (C=O) groups excluding carboxylic acids is 1. The van der Waals surface area contributed by atoms with Crippen LogP contribution in [0.2, 0.25) is 0 Å². The molecule has 0 spiro atoms. The molecule has 0 fully saturated rings. The molecule has 0 saturated carbocycles. The van der Waals surface area contributed by atoms with Gasteiger partial charge in [-0.25, -0.2) is 0 Å². The standard InChI is InChI=1S/C23H12NOSe.C13H24O2.Ir/c1-2-8-15-14(7-1)13-17(23-24-18-10-4-6-12-20(18)26-23)21-16-9-3-5-11-19(16)25-22(15)21;1-5-10(6-2)12(14)9-13(15)11(7-3)8-4;/h1-12H;9-11,14H,5-8H2,1-4H3;/q-1;;/b;12-9-;. The summed E-state index contributed by atoms with van der Waals surface area (Å²) in [5, 5.41) is 14.2. The minimum atomic E-state index is 0. The first-order valence-electron chi connectivity index (χ1n) is 14.5. The monoisotopic (exact) mass is 803 g/mol. The van der Waals surface area contributed by atoms with Gasteiger partial charge in [0.15, 0.2) is 5.78 Å². The Morgan fingerprint density at radius 2 is 1.50 bits per heavy atom. The molecule has 6 aromatic rings. The summed E-state index contributed by atoms with van der Waals surface area (Å²) in [6.45, 7) is 8.07. The van der Waals surface area contributed by atoms with Gasteiger partial charge in [-0.3, -0.25) is 4.79 Å². The zero-order chi connectivity index (χ0) is 28.9. The van der Waals surface area contributed by atoms with Crippen molar-refractivity contribution in [3.63, 3.8) is 0 Å². The molecule has 0 aliphatic rings. The number of hydrogen-bond donors (Lipinski definition) is 1. The summed E-state index contributed by atoms with van der Waals surface area (Å²) in [6.07, 6.45) is 4.91. The van der Waals surface area contributed by atoms with Gasteiger partial charge in [-0.05, 0) is 25.7 Å². The van der Waals surface area contributed by atoms with E-state index in [0.29, 0.717) is 0 Å². The molecule has 6 heteroatoms. The van der Waals surface area contributed by atoms with Crippen LogP contribution >= 0.6 is 0 Å². The van der Waals surface area contributed by atoms with Gasteiger partial charge in [-0.2, -0.15) is 0 Å². The van der Waals surface area contributed by atoms with Gasteiger partial charge in [0.25, 0.3) is 0 Å². The van der Waals surface area contributed by atoms with Gasteiger partial charge in [-0.15, -0.1) is 0 Å². The normalized spacial score (nSPS) is 11.8. The molecule has 0 unspecified atom stereocenters. The van der Waals surface area contributed by atoms with Crippen molar-refractivity contribution in [2.75, 3.05) is 0 Å². The molecule has 0 amide bonds. The second kappa shape index (κ2) is 14.4. The average molecular weight is 802 g/mol. The van der Waals surface area contributed by atoms with Crippen LogP contribution in [0.25, 0.3) is 52.6 Å². The Balaban J connectivity index is 0.000000221. The number of aliphatic hydroxyl groups excluding tert-OH is 1. The number of carbonyl (C=O) groups is 1. The van der Waals surface area contributed by atoms with Gasteiger partial charge in [0.05, 0.1) is 5.76 Å². The van der Waals surface area contributed by atoms with Crippen LogP contribution in [0, 0.1) is 17.9 Å². The summed E-state index contributed by atoms with van der Waals surface area (Å²) in [7, 11) is 0. The van der Waals surface area contributed by atoms with Crippen LogP contribution in [0.4, 0.5) is 0 Å². The molecule has 1 radical (unpaired) electrons. The zero-order valence-electron chi connectivity index (χ0n) is 24.4. The predicted octanol–water partition coefficient (Wildman–Crippen LogP) is 9.68. The number of ketones is 1. The fourth-order valence-electron chi connectivity index (χ4n) is 5.39. The quantitative estimate of drug-likeness (QED) is 0.0721. The van der Waals surface area contributed by atoms with Crippen LogP contribution in [0.3, 0.4) is 0 Å². The van der Waals surface area contributed by atoms with Gasteiger partial charge in [0.1, 0.15) is 0 Å². The van der Waals surface area contributed by atoms with Crippen LogP contribution in [0.1, 0.15) is 53.4 Å². The number of hydrogen-bond acceptors (Lipinski definition) is 4. The number of benzene rings is 4. The Kier molecular flexibility index (Phi) is 11.0. The molecule has 6 rings (SSSR count). The molecule has 0 saturated heterocycles. The fourth-order valence-corrected chi connectivity index (χ4v) is 7.43. The summed E-state index contributed by atoms with van der Waals surface area (Å²) >= 11 is 0.181. The Bertz CT molecular complexity index is 1810. The zero-order valence-corrected chi connectivity index (χ0v) is 28.5. The molecular formula is C36H36IrNO3Se-. The molecule has 2 heterocycles. The van der Waals surface area contributed by atoms with Crippen LogP contribution < -0.4 is 0 Å². The van der Waals surface area contributed by atoms with Gasteiger partial charge in [0, 0.05) is 38.0 Å². The van der Waals surface area contributed by atoms with E-state index >= 15 is 0 Å². The van der Waals surface area contributed by atoms with E-state index in [1.807, 2.05) is 52.0 Å². The van der Waals surface area contributed by atoms with E-state index in [4.69, 9.17) is 9.40 Å². The average Bonchev–Trinajstić information content (AvgIpc) is 3.61. The number of fused-ring (bicyclic) bond motifs is 6. The van der Waals surface area contributed by atoms with Crippen molar-refractivity contribution in [3.8, 4) is 10.1 Å². The molecule has 219 valence electrons. The van der Waals surface area contributed by atoms with Crippen molar-refractivity contribution in [1.82, 2.24) is 4.98 Å². The SMILES string of the molecule is CCC(CC)C(=O)/C=C(\O)C(CC)CC.[Ir].[c-]1c(-c2nc3ccccc3[se]2)c2c3ccccc3oc2c2ccccc12. The number of furan rings is 1. The third-order valence-corrected chi connectivity index (χ3v) is 10.1. The van der Waals surface area contributed by atoms with Crippen molar-refractivity contribution >= 4 is 62.8 Å². The molecule has 0 bridgehead atoms. The molecule has 2 aromatic heterocycles. The van der Waals surface area contributed by atoms with Crippen molar-refractivity contribution in [3.05, 3.63) is 90.7 Å². The molecule has 1 N–H and O–H groups in total. The molecule has 0 aliphatic carbocycles. The van der Waals surface area contributed by atoms with Crippen LogP contribution in [-0.2, 0) is 24.9 Å². The predicted molar refractivity (Wildman–Crippen MR) is 172 cm³/mol. The first-order chi connectivity index (χ1) is 20.0. The Labute approximate surface area is 266 Å². The summed E-state index contributed by atoms with van der Waals surface area (Å²) in [5.74, 6) is 0.547. The van der Waals surface area contributed by atoms with Crippen LogP contribution in [0.5, 0.6) is 0 Å². The minimum absolute atomic E-state index is 0. The number of rotatable bonds is 8. The molecule has 4 nitrogen and oxygen atoms in total. The second-order valence-corrected chi connectivity index (χ2v) is 12.5. The van der Waals surface area contributed by atoms with Gasteiger partial charge < -0.3 is 5.11 Å². The van der Waals surface area contributed by atoms with Crippen molar-refractivity contribution in [1.29, 1.82) is 0 Å². The summed E-state index contributed by atoms with van der Waals surface area (Å²) in [4.78, 5) is 16.7. The summed E-state index contributed by atoms with van der Waals surface area (Å²) in [6, 6.07) is 28.6. The van der Waals surface area contributed by atoms with Crippen LogP contribution in [-0.4, -0.2) is 30.4 Å². The first kappa shape index (κ1) is 31.9. The molecule has 42 heavy (non-hydrogen) atoms. The maximum absolute atomic E-state index is 11.7. The number of nitrogens with zero attached hydrogens (tertiary/aromatic N) is 1.